The Balaban J connectivity index is 1.57. The molecule has 1 aliphatic rings. The molecule has 0 bridgehead atoms. The third kappa shape index (κ3) is 2.90. The van der Waals surface area contributed by atoms with Gasteiger partial charge in [0.15, 0.2) is 16.6 Å². The third-order valence-corrected chi connectivity index (χ3v) is 4.34. The first-order valence-electron chi connectivity index (χ1n) is 7.44. The third-order valence-electron chi connectivity index (χ3n) is 3.59. The quantitative estimate of drug-likeness (QED) is 0.777. The first-order chi connectivity index (χ1) is 11.8. The summed E-state index contributed by atoms with van der Waals surface area (Å²) in [4.78, 5) is 4.61. The van der Waals surface area contributed by atoms with Gasteiger partial charge in [-0.15, -0.1) is 11.3 Å². The number of thiazole rings is 1. The maximum absolute atomic E-state index is 8.96. The van der Waals surface area contributed by atoms with Crippen molar-refractivity contribution in [1.82, 2.24) is 4.98 Å². The molecule has 0 spiro atoms. The first kappa shape index (κ1) is 14.5. The van der Waals surface area contributed by atoms with Gasteiger partial charge >= 0.3 is 0 Å². The Morgan fingerprint density at radius 3 is 2.83 bits per heavy atom. The van der Waals surface area contributed by atoms with Gasteiger partial charge < -0.3 is 14.8 Å². The molecule has 2 aromatic carbocycles. The molecule has 0 aliphatic carbocycles. The van der Waals surface area contributed by atoms with Crippen molar-refractivity contribution in [3.05, 3.63) is 53.4 Å². The van der Waals surface area contributed by atoms with E-state index < -0.39 is 0 Å². The Labute approximate surface area is 143 Å². The highest BCUT2D eigenvalue weighted by atomic mass is 32.1. The highest BCUT2D eigenvalue weighted by molar-refractivity contribution is 7.14. The zero-order valence-corrected chi connectivity index (χ0v) is 13.5. The number of hydrogen-bond donors (Lipinski definition) is 1. The standard InChI is InChI=1S/C18H13N3O2S/c19-10-12-2-1-3-14(8-12)20-18-21-15(11-24-18)13-4-5-16-17(9-13)23-7-6-22-16/h1-5,8-9,11H,6-7H2,(H,20,21). The summed E-state index contributed by atoms with van der Waals surface area (Å²) in [6.07, 6.45) is 0. The average Bonchev–Trinajstić information content (AvgIpc) is 3.10. The molecule has 0 fully saturated rings. The van der Waals surface area contributed by atoms with E-state index in [4.69, 9.17) is 14.7 Å². The van der Waals surface area contributed by atoms with E-state index in [0.717, 1.165) is 33.6 Å². The van der Waals surface area contributed by atoms with Crippen LogP contribution in [0.2, 0.25) is 0 Å². The molecule has 4 rings (SSSR count). The summed E-state index contributed by atoms with van der Waals surface area (Å²) >= 11 is 1.51. The highest BCUT2D eigenvalue weighted by Crippen LogP contribution is 2.35. The molecule has 1 aliphatic heterocycles. The Morgan fingerprint density at radius 2 is 1.96 bits per heavy atom. The lowest BCUT2D eigenvalue weighted by molar-refractivity contribution is 0.171. The number of hydrogen-bond acceptors (Lipinski definition) is 6. The van der Waals surface area contributed by atoms with Gasteiger partial charge in [-0.1, -0.05) is 6.07 Å². The van der Waals surface area contributed by atoms with Gasteiger partial charge in [0.2, 0.25) is 0 Å². The highest BCUT2D eigenvalue weighted by Gasteiger charge is 2.13. The fourth-order valence-corrected chi connectivity index (χ4v) is 3.20. The van der Waals surface area contributed by atoms with Gasteiger partial charge in [-0.05, 0) is 36.4 Å². The minimum absolute atomic E-state index is 0.565. The molecule has 1 aromatic heterocycles. The Bertz CT molecular complexity index is 930. The van der Waals surface area contributed by atoms with Gasteiger partial charge in [-0.3, -0.25) is 0 Å². The molecule has 6 heteroatoms. The number of fused-ring (bicyclic) bond motifs is 1. The number of rotatable bonds is 3. The van der Waals surface area contributed by atoms with Crippen molar-refractivity contribution in [2.45, 2.75) is 0 Å². The number of anilines is 2. The topological polar surface area (TPSA) is 67.2 Å². The van der Waals surface area contributed by atoms with Crippen molar-refractivity contribution in [2.24, 2.45) is 0 Å². The molecule has 0 unspecified atom stereocenters. The van der Waals surface area contributed by atoms with Gasteiger partial charge in [-0.2, -0.15) is 5.26 Å². The van der Waals surface area contributed by atoms with Crippen molar-refractivity contribution < 1.29 is 9.47 Å². The van der Waals surface area contributed by atoms with Crippen molar-refractivity contribution in [1.29, 1.82) is 5.26 Å². The molecule has 0 saturated heterocycles. The second-order valence-electron chi connectivity index (χ2n) is 5.21. The molecule has 2 heterocycles. The van der Waals surface area contributed by atoms with Crippen LogP contribution >= 0.6 is 11.3 Å². The summed E-state index contributed by atoms with van der Waals surface area (Å²) in [7, 11) is 0. The largest absolute Gasteiger partial charge is 0.486 e. The van der Waals surface area contributed by atoms with Gasteiger partial charge in [0, 0.05) is 16.6 Å². The summed E-state index contributed by atoms with van der Waals surface area (Å²) in [5, 5.41) is 15.0. The van der Waals surface area contributed by atoms with Crippen LogP contribution in [0.15, 0.2) is 47.8 Å². The van der Waals surface area contributed by atoms with E-state index >= 15 is 0 Å². The van der Waals surface area contributed by atoms with E-state index in [1.807, 2.05) is 35.7 Å². The van der Waals surface area contributed by atoms with Gasteiger partial charge in [-0.25, -0.2) is 4.98 Å². The van der Waals surface area contributed by atoms with Crippen LogP contribution in [-0.2, 0) is 0 Å². The van der Waals surface area contributed by atoms with Crippen LogP contribution in [0.4, 0.5) is 10.8 Å². The molecule has 5 nitrogen and oxygen atoms in total. The van der Waals surface area contributed by atoms with Crippen LogP contribution in [0, 0.1) is 11.3 Å². The fraction of sp³-hybridized carbons (Fsp3) is 0.111. The summed E-state index contributed by atoms with van der Waals surface area (Å²) in [6.45, 7) is 1.15. The molecule has 0 saturated carbocycles. The van der Waals surface area contributed by atoms with E-state index in [1.54, 1.807) is 12.1 Å². The normalized spacial score (nSPS) is 12.5. The summed E-state index contributed by atoms with van der Waals surface area (Å²) in [5.74, 6) is 1.52. The van der Waals surface area contributed by atoms with E-state index in [9.17, 15) is 0 Å². The average molecular weight is 335 g/mol. The summed E-state index contributed by atoms with van der Waals surface area (Å²) < 4.78 is 11.2. The van der Waals surface area contributed by atoms with Crippen molar-refractivity contribution in [3.8, 4) is 28.8 Å². The molecule has 0 radical (unpaired) electrons. The zero-order chi connectivity index (χ0) is 16.4. The van der Waals surface area contributed by atoms with E-state index in [-0.39, 0.29) is 0 Å². The Kier molecular flexibility index (Phi) is 3.77. The molecular weight excluding hydrogens is 322 g/mol. The fourth-order valence-electron chi connectivity index (χ4n) is 2.46. The first-order valence-corrected chi connectivity index (χ1v) is 8.32. The van der Waals surface area contributed by atoms with Gasteiger partial charge in [0.1, 0.15) is 13.2 Å². The van der Waals surface area contributed by atoms with E-state index in [0.29, 0.717) is 18.8 Å². The lowest BCUT2D eigenvalue weighted by atomic mass is 10.1. The predicted molar refractivity (Wildman–Crippen MR) is 93.0 cm³/mol. The minimum atomic E-state index is 0.565. The maximum atomic E-state index is 8.96. The lowest BCUT2D eigenvalue weighted by Gasteiger charge is -2.18. The van der Waals surface area contributed by atoms with Crippen LogP contribution in [0.5, 0.6) is 11.5 Å². The smallest absolute Gasteiger partial charge is 0.187 e. The van der Waals surface area contributed by atoms with Crippen LogP contribution in [-0.4, -0.2) is 18.2 Å². The molecule has 0 amide bonds. The van der Waals surface area contributed by atoms with Crippen LogP contribution < -0.4 is 14.8 Å². The van der Waals surface area contributed by atoms with Crippen LogP contribution in [0.3, 0.4) is 0 Å². The number of nitriles is 1. The molecule has 1 N–H and O–H groups in total. The molecule has 0 atom stereocenters. The Hall–Kier alpha value is -3.04. The molecular formula is C18H13N3O2S. The number of nitrogens with zero attached hydrogens (tertiary/aromatic N) is 2. The van der Waals surface area contributed by atoms with Crippen molar-refractivity contribution in [2.75, 3.05) is 18.5 Å². The predicted octanol–water partition coefficient (Wildman–Crippen LogP) is 4.20. The summed E-state index contributed by atoms with van der Waals surface area (Å²) in [5.41, 5.74) is 3.31. The molecule has 24 heavy (non-hydrogen) atoms. The number of benzene rings is 2. The minimum Gasteiger partial charge on any atom is -0.486 e. The van der Waals surface area contributed by atoms with Crippen molar-refractivity contribution >= 4 is 22.2 Å². The molecule has 3 aromatic rings. The monoisotopic (exact) mass is 335 g/mol. The van der Waals surface area contributed by atoms with Crippen LogP contribution in [0.1, 0.15) is 5.56 Å². The number of ether oxygens (including phenoxy) is 2. The van der Waals surface area contributed by atoms with Crippen molar-refractivity contribution in [3.63, 3.8) is 0 Å². The van der Waals surface area contributed by atoms with Crippen LogP contribution in [0.25, 0.3) is 11.3 Å². The SMILES string of the molecule is N#Cc1cccc(Nc2nc(-c3ccc4c(c3)OCCO4)cs2)c1. The zero-order valence-electron chi connectivity index (χ0n) is 12.7. The summed E-state index contributed by atoms with van der Waals surface area (Å²) in [6, 6.07) is 15.3. The lowest BCUT2D eigenvalue weighted by Crippen LogP contribution is -2.15. The van der Waals surface area contributed by atoms with E-state index in [2.05, 4.69) is 16.4 Å². The Morgan fingerprint density at radius 1 is 1.08 bits per heavy atom. The van der Waals surface area contributed by atoms with E-state index in [1.165, 1.54) is 11.3 Å². The number of nitrogens with one attached hydrogen (secondary N) is 1. The van der Waals surface area contributed by atoms with Gasteiger partial charge in [0.25, 0.3) is 0 Å². The second kappa shape index (κ2) is 6.22. The number of aromatic nitrogens is 1. The maximum Gasteiger partial charge on any atom is 0.187 e. The van der Waals surface area contributed by atoms with Gasteiger partial charge in [0.05, 0.1) is 17.3 Å². The molecule has 118 valence electrons. The second-order valence-corrected chi connectivity index (χ2v) is 6.07.